The number of hydrogen-bond donors (Lipinski definition) is 2. The quantitative estimate of drug-likeness (QED) is 0.609. The highest BCUT2D eigenvalue weighted by molar-refractivity contribution is 6.25. The van der Waals surface area contributed by atoms with Crippen molar-refractivity contribution < 1.29 is 9.90 Å². The number of pyridine rings is 1. The van der Waals surface area contributed by atoms with E-state index in [4.69, 9.17) is 5.11 Å². The van der Waals surface area contributed by atoms with Gasteiger partial charge in [0.1, 0.15) is 5.82 Å². The van der Waals surface area contributed by atoms with Crippen molar-refractivity contribution in [2.24, 2.45) is 0 Å². The van der Waals surface area contributed by atoms with E-state index in [-0.39, 0.29) is 12.4 Å². The molecule has 0 aliphatic heterocycles. The average molecular weight is 290 g/mol. The molecule has 0 saturated carbocycles. The lowest BCUT2D eigenvalue weighted by molar-refractivity contribution is 0.104. The summed E-state index contributed by atoms with van der Waals surface area (Å²) in [6.45, 7) is 0.488. The third-order valence-corrected chi connectivity index (χ3v) is 3.96. The Bertz CT molecular complexity index is 903. The summed E-state index contributed by atoms with van der Waals surface area (Å²) in [5.74, 6) is 0.754. The predicted octanol–water partition coefficient (Wildman–Crippen LogP) is 2.85. The minimum atomic E-state index is 0.0458. The molecule has 0 bridgehead atoms. The summed E-state index contributed by atoms with van der Waals surface area (Å²) in [6.07, 6.45) is 0. The smallest absolute Gasteiger partial charge is 0.194 e. The maximum Gasteiger partial charge on any atom is 0.194 e. The van der Waals surface area contributed by atoms with Crippen molar-refractivity contribution in [3.8, 4) is 11.1 Å². The van der Waals surface area contributed by atoms with Crippen LogP contribution in [0.15, 0.2) is 48.5 Å². The molecule has 2 aromatic carbocycles. The molecule has 0 fully saturated rings. The largest absolute Gasteiger partial charge is 0.395 e. The molecule has 4 nitrogen and oxygen atoms in total. The molecule has 0 atom stereocenters. The van der Waals surface area contributed by atoms with Crippen LogP contribution in [0.1, 0.15) is 15.9 Å². The van der Waals surface area contributed by atoms with Gasteiger partial charge >= 0.3 is 0 Å². The summed E-state index contributed by atoms with van der Waals surface area (Å²) in [4.78, 5) is 17.2. The van der Waals surface area contributed by atoms with Crippen molar-refractivity contribution >= 4 is 22.5 Å². The molecule has 2 N–H and O–H groups in total. The van der Waals surface area contributed by atoms with Crippen LogP contribution in [0.3, 0.4) is 0 Å². The Kier molecular flexibility index (Phi) is 2.91. The molecule has 1 aromatic heterocycles. The number of benzene rings is 2. The molecule has 0 radical (unpaired) electrons. The van der Waals surface area contributed by atoms with E-state index in [1.807, 2.05) is 48.5 Å². The molecule has 0 spiro atoms. The number of ketones is 1. The number of aliphatic hydroxyl groups is 1. The van der Waals surface area contributed by atoms with E-state index in [9.17, 15) is 4.79 Å². The molecule has 108 valence electrons. The summed E-state index contributed by atoms with van der Waals surface area (Å²) in [5, 5.41) is 13.0. The van der Waals surface area contributed by atoms with E-state index in [2.05, 4.69) is 10.3 Å². The van der Waals surface area contributed by atoms with Gasteiger partial charge in [-0.1, -0.05) is 36.4 Å². The van der Waals surface area contributed by atoms with Crippen molar-refractivity contribution in [3.63, 3.8) is 0 Å². The molecule has 22 heavy (non-hydrogen) atoms. The highest BCUT2D eigenvalue weighted by Crippen LogP contribution is 2.39. The fraction of sp³-hybridized carbons (Fsp3) is 0.111. The van der Waals surface area contributed by atoms with Crippen LogP contribution in [0.2, 0.25) is 0 Å². The number of hydrogen-bond acceptors (Lipinski definition) is 4. The highest BCUT2D eigenvalue weighted by Gasteiger charge is 2.25. The Hall–Kier alpha value is -2.72. The minimum Gasteiger partial charge on any atom is -0.395 e. The first-order chi connectivity index (χ1) is 10.8. The van der Waals surface area contributed by atoms with Gasteiger partial charge in [0.25, 0.3) is 0 Å². The molecule has 0 unspecified atom stereocenters. The van der Waals surface area contributed by atoms with Gasteiger partial charge in [-0.2, -0.15) is 0 Å². The number of carbonyl (C=O) groups excluding carboxylic acids is 1. The first-order valence-electron chi connectivity index (χ1n) is 7.22. The molecule has 1 aliphatic carbocycles. The van der Waals surface area contributed by atoms with Gasteiger partial charge in [-0.05, 0) is 23.3 Å². The van der Waals surface area contributed by atoms with E-state index in [0.29, 0.717) is 17.9 Å². The van der Waals surface area contributed by atoms with Crippen LogP contribution < -0.4 is 5.32 Å². The van der Waals surface area contributed by atoms with Gasteiger partial charge < -0.3 is 10.4 Å². The number of nitrogens with one attached hydrogen (secondary N) is 1. The van der Waals surface area contributed by atoms with Crippen LogP contribution >= 0.6 is 0 Å². The van der Waals surface area contributed by atoms with Gasteiger partial charge in [0.2, 0.25) is 0 Å². The van der Waals surface area contributed by atoms with Crippen molar-refractivity contribution in [1.82, 2.24) is 4.98 Å². The van der Waals surface area contributed by atoms with Gasteiger partial charge in [0.05, 0.1) is 12.1 Å². The maximum atomic E-state index is 12.7. The molecule has 0 saturated heterocycles. The second-order valence-corrected chi connectivity index (χ2v) is 5.28. The maximum absolute atomic E-state index is 12.7. The van der Waals surface area contributed by atoms with E-state index in [1.165, 1.54) is 0 Å². The molecule has 4 rings (SSSR count). The van der Waals surface area contributed by atoms with E-state index in [0.717, 1.165) is 27.6 Å². The zero-order chi connectivity index (χ0) is 15.1. The zero-order valence-electron chi connectivity index (χ0n) is 11.8. The summed E-state index contributed by atoms with van der Waals surface area (Å²) >= 11 is 0. The second kappa shape index (κ2) is 4.93. The minimum absolute atomic E-state index is 0.0458. The van der Waals surface area contributed by atoms with Crippen LogP contribution in [0.4, 0.5) is 5.82 Å². The van der Waals surface area contributed by atoms with Gasteiger partial charge in [0.15, 0.2) is 5.78 Å². The lowest BCUT2D eigenvalue weighted by Crippen LogP contribution is -2.12. The Morgan fingerprint density at radius 1 is 0.955 bits per heavy atom. The molecule has 0 amide bonds. The zero-order valence-corrected chi connectivity index (χ0v) is 11.8. The lowest BCUT2D eigenvalue weighted by atomic mass is 9.84. The first kappa shape index (κ1) is 13.0. The summed E-state index contributed by atoms with van der Waals surface area (Å²) < 4.78 is 0. The summed E-state index contributed by atoms with van der Waals surface area (Å²) in [6, 6.07) is 15.2. The molecular weight excluding hydrogens is 276 g/mol. The third kappa shape index (κ3) is 1.81. The van der Waals surface area contributed by atoms with Crippen LogP contribution in [0.5, 0.6) is 0 Å². The van der Waals surface area contributed by atoms with Crippen LogP contribution in [-0.2, 0) is 0 Å². The number of carbonyl (C=O) groups is 1. The van der Waals surface area contributed by atoms with E-state index in [1.54, 1.807) is 0 Å². The molecule has 1 aliphatic rings. The second-order valence-electron chi connectivity index (χ2n) is 5.28. The van der Waals surface area contributed by atoms with Gasteiger partial charge in [-0.3, -0.25) is 4.79 Å². The van der Waals surface area contributed by atoms with Gasteiger partial charge in [-0.25, -0.2) is 4.98 Å². The Morgan fingerprint density at radius 2 is 1.73 bits per heavy atom. The van der Waals surface area contributed by atoms with Crippen molar-refractivity contribution in [2.75, 3.05) is 18.5 Å². The lowest BCUT2D eigenvalue weighted by Gasteiger charge is -2.20. The average Bonchev–Trinajstić information content (AvgIpc) is 2.57. The standard InChI is InChI=1S/C18H14N2O2/c21-9-8-19-16-10-14-11-4-1-2-5-12(11)18(22)13-6-3-7-15(20-16)17(13)14/h1-7,10,21H,8-9H2,(H,19,20). The van der Waals surface area contributed by atoms with Crippen molar-refractivity contribution in [1.29, 1.82) is 0 Å². The number of anilines is 1. The Morgan fingerprint density at radius 3 is 2.55 bits per heavy atom. The first-order valence-corrected chi connectivity index (χ1v) is 7.22. The normalized spacial score (nSPS) is 12.3. The molecule has 1 heterocycles. The predicted molar refractivity (Wildman–Crippen MR) is 86.2 cm³/mol. The molecule has 3 aromatic rings. The Labute approximate surface area is 127 Å². The number of nitrogens with zero attached hydrogens (tertiary/aromatic N) is 1. The van der Waals surface area contributed by atoms with Crippen molar-refractivity contribution in [3.05, 3.63) is 59.7 Å². The van der Waals surface area contributed by atoms with Crippen LogP contribution in [-0.4, -0.2) is 29.0 Å². The fourth-order valence-electron chi connectivity index (χ4n) is 3.02. The summed E-state index contributed by atoms with van der Waals surface area (Å²) in [7, 11) is 0. The number of aliphatic hydroxyl groups excluding tert-OH is 1. The topological polar surface area (TPSA) is 62.2 Å². The monoisotopic (exact) mass is 290 g/mol. The third-order valence-electron chi connectivity index (χ3n) is 3.96. The van der Waals surface area contributed by atoms with Crippen LogP contribution in [0, 0.1) is 0 Å². The fourth-order valence-corrected chi connectivity index (χ4v) is 3.02. The highest BCUT2D eigenvalue weighted by atomic mass is 16.3. The Balaban J connectivity index is 2.06. The molecule has 4 heteroatoms. The summed E-state index contributed by atoms with van der Waals surface area (Å²) in [5.41, 5.74) is 4.16. The number of rotatable bonds is 3. The number of fused-ring (bicyclic) bond motifs is 2. The van der Waals surface area contributed by atoms with Gasteiger partial charge in [-0.15, -0.1) is 0 Å². The number of aromatic nitrogens is 1. The van der Waals surface area contributed by atoms with E-state index < -0.39 is 0 Å². The van der Waals surface area contributed by atoms with Gasteiger partial charge in [0, 0.05) is 23.1 Å². The van der Waals surface area contributed by atoms with E-state index >= 15 is 0 Å². The SMILES string of the molecule is O=C1c2ccccc2-c2cc(NCCO)nc3cccc1c23. The molecular formula is C18H14N2O2. The van der Waals surface area contributed by atoms with Crippen molar-refractivity contribution in [2.45, 2.75) is 0 Å². The van der Waals surface area contributed by atoms with Crippen LogP contribution in [0.25, 0.3) is 22.0 Å².